The minimum absolute atomic E-state index is 0.222. The van der Waals surface area contributed by atoms with Gasteiger partial charge in [-0.3, -0.25) is 0 Å². The van der Waals surface area contributed by atoms with Gasteiger partial charge in [-0.25, -0.2) is 0 Å². The third-order valence-electron chi connectivity index (χ3n) is 2.90. The topological polar surface area (TPSA) is 21.3 Å². The van der Waals surface area contributed by atoms with Gasteiger partial charge in [0.1, 0.15) is 11.5 Å². The quantitative estimate of drug-likeness (QED) is 0.744. The van der Waals surface area contributed by atoms with Crippen LogP contribution in [0.3, 0.4) is 0 Å². The average Bonchev–Trinajstić information content (AvgIpc) is 2.38. The summed E-state index contributed by atoms with van der Waals surface area (Å²) < 4.78 is 6.94. The summed E-state index contributed by atoms with van der Waals surface area (Å²) in [6.45, 7) is 2.07. The van der Waals surface area contributed by atoms with Gasteiger partial charge in [0.05, 0.1) is 0 Å². The first kappa shape index (κ1) is 14.6. The largest absolute Gasteiger partial charge is 0.457 e. The number of hydrogen-bond donors (Lipinski definition) is 1. The first-order valence-corrected chi connectivity index (χ1v) is 7.46. The van der Waals surface area contributed by atoms with Gasteiger partial charge in [-0.1, -0.05) is 23.7 Å². The highest BCUT2D eigenvalue weighted by Gasteiger charge is 2.09. The zero-order valence-electron chi connectivity index (χ0n) is 10.8. The van der Waals surface area contributed by atoms with Gasteiger partial charge in [0.2, 0.25) is 0 Å². The molecular formula is C15H15ClINO. The SMILES string of the molecule is CNC(C)c1ccc(Oc2cccc(I)c2)cc1Cl. The lowest BCUT2D eigenvalue weighted by atomic mass is 10.1. The molecule has 4 heteroatoms. The van der Waals surface area contributed by atoms with Gasteiger partial charge in [0, 0.05) is 14.6 Å². The molecule has 2 aromatic carbocycles. The molecule has 0 bridgehead atoms. The van der Waals surface area contributed by atoms with Crippen molar-refractivity contribution in [2.45, 2.75) is 13.0 Å². The summed E-state index contributed by atoms with van der Waals surface area (Å²) in [5, 5.41) is 3.89. The van der Waals surface area contributed by atoms with Gasteiger partial charge in [0.15, 0.2) is 0 Å². The smallest absolute Gasteiger partial charge is 0.128 e. The van der Waals surface area contributed by atoms with E-state index in [1.54, 1.807) is 0 Å². The second kappa shape index (κ2) is 6.59. The first-order chi connectivity index (χ1) is 9.10. The summed E-state index contributed by atoms with van der Waals surface area (Å²) >= 11 is 8.54. The molecule has 0 aliphatic rings. The van der Waals surface area contributed by atoms with Crippen molar-refractivity contribution in [2.24, 2.45) is 0 Å². The molecule has 2 aromatic rings. The van der Waals surface area contributed by atoms with Crippen molar-refractivity contribution in [3.05, 3.63) is 56.6 Å². The summed E-state index contributed by atoms with van der Waals surface area (Å²) in [6, 6.07) is 13.9. The highest BCUT2D eigenvalue weighted by atomic mass is 127. The molecule has 0 aromatic heterocycles. The van der Waals surface area contributed by atoms with E-state index >= 15 is 0 Å². The van der Waals surface area contributed by atoms with Gasteiger partial charge in [0.25, 0.3) is 0 Å². The predicted octanol–water partition coefficient (Wildman–Crippen LogP) is 5.02. The third kappa shape index (κ3) is 3.84. The normalized spacial score (nSPS) is 12.2. The monoisotopic (exact) mass is 387 g/mol. The highest BCUT2D eigenvalue weighted by Crippen LogP contribution is 2.30. The molecule has 0 aliphatic carbocycles. The fraction of sp³-hybridized carbons (Fsp3) is 0.200. The Morgan fingerprint density at radius 2 is 1.89 bits per heavy atom. The van der Waals surface area contributed by atoms with Crippen LogP contribution in [0.1, 0.15) is 18.5 Å². The molecule has 100 valence electrons. The van der Waals surface area contributed by atoms with Crippen LogP contribution in [0, 0.1) is 3.57 Å². The molecule has 0 heterocycles. The molecule has 2 rings (SSSR count). The van der Waals surface area contributed by atoms with Crippen LogP contribution in [0.15, 0.2) is 42.5 Å². The number of hydrogen-bond acceptors (Lipinski definition) is 2. The van der Waals surface area contributed by atoms with Gasteiger partial charge in [-0.15, -0.1) is 0 Å². The lowest BCUT2D eigenvalue weighted by molar-refractivity contribution is 0.481. The number of nitrogens with one attached hydrogen (secondary N) is 1. The van der Waals surface area contributed by atoms with E-state index in [4.69, 9.17) is 16.3 Å². The second-order valence-corrected chi connectivity index (χ2v) is 5.91. The molecule has 0 amide bonds. The van der Waals surface area contributed by atoms with Crippen molar-refractivity contribution in [1.82, 2.24) is 5.32 Å². The fourth-order valence-corrected chi connectivity index (χ4v) is 2.59. The molecule has 0 radical (unpaired) electrons. The molecule has 1 N–H and O–H groups in total. The Kier molecular flexibility index (Phi) is 5.07. The van der Waals surface area contributed by atoms with Gasteiger partial charge >= 0.3 is 0 Å². The minimum Gasteiger partial charge on any atom is -0.457 e. The van der Waals surface area contributed by atoms with Crippen LogP contribution in [0.5, 0.6) is 11.5 Å². The van der Waals surface area contributed by atoms with Crippen LogP contribution < -0.4 is 10.1 Å². The molecule has 0 spiro atoms. The van der Waals surface area contributed by atoms with E-state index < -0.39 is 0 Å². The average molecular weight is 388 g/mol. The van der Waals surface area contributed by atoms with Gasteiger partial charge < -0.3 is 10.1 Å². The summed E-state index contributed by atoms with van der Waals surface area (Å²) in [4.78, 5) is 0. The number of halogens is 2. The molecule has 0 saturated carbocycles. The molecule has 0 aliphatic heterocycles. The van der Waals surface area contributed by atoms with Crippen molar-refractivity contribution in [3.63, 3.8) is 0 Å². The molecule has 2 nitrogen and oxygen atoms in total. The highest BCUT2D eigenvalue weighted by molar-refractivity contribution is 14.1. The first-order valence-electron chi connectivity index (χ1n) is 6.00. The Hall–Kier alpha value is -0.780. The minimum atomic E-state index is 0.222. The summed E-state index contributed by atoms with van der Waals surface area (Å²) in [6.07, 6.45) is 0. The van der Waals surface area contributed by atoms with Crippen LogP contribution in [0.25, 0.3) is 0 Å². The van der Waals surface area contributed by atoms with E-state index in [1.165, 1.54) is 0 Å². The Labute approximate surface area is 132 Å². The van der Waals surface area contributed by atoms with Crippen LogP contribution in [0.2, 0.25) is 5.02 Å². The Balaban J connectivity index is 2.21. The van der Waals surface area contributed by atoms with Crippen LogP contribution in [0.4, 0.5) is 0 Å². The van der Waals surface area contributed by atoms with Gasteiger partial charge in [-0.2, -0.15) is 0 Å². The van der Waals surface area contributed by atoms with Crippen molar-refractivity contribution in [2.75, 3.05) is 7.05 Å². The molecule has 1 atom stereocenters. The fourth-order valence-electron chi connectivity index (χ4n) is 1.74. The number of benzene rings is 2. The van der Waals surface area contributed by atoms with E-state index in [-0.39, 0.29) is 6.04 Å². The lowest BCUT2D eigenvalue weighted by Crippen LogP contribution is -2.12. The predicted molar refractivity (Wildman–Crippen MR) is 88.2 cm³/mol. The maximum absolute atomic E-state index is 6.28. The Bertz CT molecular complexity index is 574. The number of ether oxygens (including phenoxy) is 1. The van der Waals surface area contributed by atoms with E-state index in [0.29, 0.717) is 5.02 Å². The Morgan fingerprint density at radius 3 is 2.53 bits per heavy atom. The van der Waals surface area contributed by atoms with Crippen LogP contribution >= 0.6 is 34.2 Å². The standard InChI is InChI=1S/C15H15ClINO/c1-10(18-2)14-7-6-13(9-15(14)16)19-12-5-3-4-11(17)8-12/h3-10,18H,1-2H3. The summed E-state index contributed by atoms with van der Waals surface area (Å²) in [5.41, 5.74) is 1.07. The van der Waals surface area contributed by atoms with Crippen LogP contribution in [-0.4, -0.2) is 7.05 Å². The zero-order chi connectivity index (χ0) is 13.8. The second-order valence-electron chi connectivity index (χ2n) is 4.25. The molecule has 19 heavy (non-hydrogen) atoms. The maximum atomic E-state index is 6.28. The summed E-state index contributed by atoms with van der Waals surface area (Å²) in [7, 11) is 1.91. The van der Waals surface area contributed by atoms with Gasteiger partial charge in [-0.05, 0) is 72.5 Å². The number of rotatable bonds is 4. The van der Waals surface area contributed by atoms with Crippen molar-refractivity contribution >= 4 is 34.2 Å². The molecule has 0 saturated heterocycles. The van der Waals surface area contributed by atoms with Crippen LogP contribution in [-0.2, 0) is 0 Å². The van der Waals surface area contributed by atoms with Crippen molar-refractivity contribution in [3.8, 4) is 11.5 Å². The third-order valence-corrected chi connectivity index (χ3v) is 3.90. The summed E-state index contributed by atoms with van der Waals surface area (Å²) in [5.74, 6) is 1.57. The molecular weight excluding hydrogens is 373 g/mol. The Morgan fingerprint density at radius 1 is 1.16 bits per heavy atom. The van der Waals surface area contributed by atoms with Crippen molar-refractivity contribution in [1.29, 1.82) is 0 Å². The molecule has 1 unspecified atom stereocenters. The van der Waals surface area contributed by atoms with Crippen molar-refractivity contribution < 1.29 is 4.74 Å². The maximum Gasteiger partial charge on any atom is 0.128 e. The van der Waals surface area contributed by atoms with E-state index in [9.17, 15) is 0 Å². The van der Waals surface area contributed by atoms with E-state index in [1.807, 2.05) is 49.5 Å². The van der Waals surface area contributed by atoms with E-state index in [2.05, 4.69) is 34.8 Å². The molecule has 0 fully saturated rings. The van der Waals surface area contributed by atoms with E-state index in [0.717, 1.165) is 20.6 Å². The lowest BCUT2D eigenvalue weighted by Gasteiger charge is -2.14. The zero-order valence-corrected chi connectivity index (χ0v) is 13.7.